The number of piperidine rings is 1. The van der Waals surface area contributed by atoms with Crippen LogP contribution >= 0.6 is 0 Å². The highest BCUT2D eigenvalue weighted by Gasteiger charge is 2.14. The summed E-state index contributed by atoms with van der Waals surface area (Å²) in [7, 11) is 3.94. The van der Waals surface area contributed by atoms with Crippen molar-refractivity contribution in [1.29, 1.82) is 0 Å². The molecule has 0 atom stereocenters. The number of ether oxygens (including phenoxy) is 2. The van der Waals surface area contributed by atoms with Gasteiger partial charge in [-0.15, -0.1) is 0 Å². The Kier molecular flexibility index (Phi) is 9.77. The van der Waals surface area contributed by atoms with Crippen molar-refractivity contribution in [3.8, 4) is 0 Å². The highest BCUT2D eigenvalue weighted by Crippen LogP contribution is 2.20. The van der Waals surface area contributed by atoms with E-state index < -0.39 is 0 Å². The summed E-state index contributed by atoms with van der Waals surface area (Å²) in [4.78, 5) is 9.12. The molecule has 3 rings (SSSR count). The lowest BCUT2D eigenvalue weighted by Gasteiger charge is -2.29. The molecule has 168 valence electrons. The molecule has 1 N–H and O–H groups in total. The van der Waals surface area contributed by atoms with Gasteiger partial charge in [0.05, 0.1) is 0 Å². The number of benzene rings is 1. The molecule has 1 aromatic carbocycles. The van der Waals surface area contributed by atoms with Gasteiger partial charge in [-0.3, -0.25) is 4.99 Å². The SMILES string of the molecule is CN=C(NCCCOCC1CCOCC1)N(C)Cc1ccc(N2CCCCC2)cc1. The third kappa shape index (κ3) is 7.47. The third-order valence-corrected chi connectivity index (χ3v) is 6.09. The Morgan fingerprint density at radius 1 is 1.17 bits per heavy atom. The van der Waals surface area contributed by atoms with Crippen LogP contribution in [-0.2, 0) is 16.0 Å². The van der Waals surface area contributed by atoms with Crippen LogP contribution in [0.4, 0.5) is 5.69 Å². The minimum absolute atomic E-state index is 0.673. The molecule has 30 heavy (non-hydrogen) atoms. The summed E-state index contributed by atoms with van der Waals surface area (Å²) in [6.45, 7) is 7.54. The van der Waals surface area contributed by atoms with Crippen molar-refractivity contribution in [2.24, 2.45) is 10.9 Å². The number of anilines is 1. The Morgan fingerprint density at radius 2 is 1.90 bits per heavy atom. The van der Waals surface area contributed by atoms with E-state index >= 15 is 0 Å². The highest BCUT2D eigenvalue weighted by atomic mass is 16.5. The highest BCUT2D eigenvalue weighted by molar-refractivity contribution is 5.79. The molecule has 2 aliphatic rings. The van der Waals surface area contributed by atoms with E-state index in [0.717, 1.165) is 64.7 Å². The Hall–Kier alpha value is -1.79. The fourth-order valence-electron chi connectivity index (χ4n) is 4.24. The van der Waals surface area contributed by atoms with Crippen LogP contribution in [0.25, 0.3) is 0 Å². The molecule has 0 aliphatic carbocycles. The van der Waals surface area contributed by atoms with E-state index in [9.17, 15) is 0 Å². The fourth-order valence-corrected chi connectivity index (χ4v) is 4.24. The Morgan fingerprint density at radius 3 is 2.60 bits per heavy atom. The average Bonchev–Trinajstić information content (AvgIpc) is 2.80. The number of hydrogen-bond acceptors (Lipinski definition) is 4. The largest absolute Gasteiger partial charge is 0.381 e. The van der Waals surface area contributed by atoms with E-state index in [0.29, 0.717) is 5.92 Å². The molecule has 0 saturated carbocycles. The van der Waals surface area contributed by atoms with Gasteiger partial charge in [-0.2, -0.15) is 0 Å². The molecule has 0 spiro atoms. The van der Waals surface area contributed by atoms with Crippen molar-refractivity contribution >= 4 is 11.6 Å². The first kappa shape index (κ1) is 22.9. The Balaban J connectivity index is 1.33. The van der Waals surface area contributed by atoms with Crippen molar-refractivity contribution in [2.45, 2.75) is 45.1 Å². The number of aliphatic imine (C=N–C) groups is 1. The first-order valence-electron chi connectivity index (χ1n) is 11.7. The average molecular weight is 417 g/mol. The normalized spacial score (nSPS) is 18.5. The maximum absolute atomic E-state index is 5.85. The molecule has 6 nitrogen and oxygen atoms in total. The van der Waals surface area contributed by atoms with Crippen molar-refractivity contribution in [3.63, 3.8) is 0 Å². The van der Waals surface area contributed by atoms with Crippen molar-refractivity contribution in [1.82, 2.24) is 10.2 Å². The first-order valence-corrected chi connectivity index (χ1v) is 11.7. The molecule has 0 amide bonds. The number of guanidine groups is 1. The van der Waals surface area contributed by atoms with Crippen molar-refractivity contribution < 1.29 is 9.47 Å². The van der Waals surface area contributed by atoms with E-state index in [1.165, 1.54) is 43.6 Å². The molecule has 0 bridgehead atoms. The smallest absolute Gasteiger partial charge is 0.193 e. The molecule has 2 fully saturated rings. The lowest BCUT2D eigenvalue weighted by Crippen LogP contribution is -2.39. The molecular formula is C24H40N4O2. The molecule has 0 aromatic heterocycles. The van der Waals surface area contributed by atoms with E-state index in [1.54, 1.807) is 0 Å². The summed E-state index contributed by atoms with van der Waals surface area (Å²) in [5.74, 6) is 1.60. The maximum Gasteiger partial charge on any atom is 0.193 e. The number of nitrogens with zero attached hydrogens (tertiary/aromatic N) is 3. The van der Waals surface area contributed by atoms with Gasteiger partial charge in [0.25, 0.3) is 0 Å². The molecule has 0 radical (unpaired) electrons. The minimum Gasteiger partial charge on any atom is -0.381 e. The Bertz CT molecular complexity index is 623. The molecule has 6 heteroatoms. The first-order chi connectivity index (χ1) is 14.8. The van der Waals surface area contributed by atoms with Crippen molar-refractivity contribution in [3.05, 3.63) is 29.8 Å². The predicted molar refractivity (Wildman–Crippen MR) is 124 cm³/mol. The van der Waals surface area contributed by atoms with Crippen LogP contribution < -0.4 is 10.2 Å². The topological polar surface area (TPSA) is 49.3 Å². The van der Waals surface area contributed by atoms with Gasteiger partial charge >= 0.3 is 0 Å². The van der Waals surface area contributed by atoms with Gasteiger partial charge < -0.3 is 24.6 Å². The van der Waals surface area contributed by atoms with Crippen LogP contribution in [0.3, 0.4) is 0 Å². The van der Waals surface area contributed by atoms with Crippen LogP contribution in [0.1, 0.15) is 44.1 Å². The number of hydrogen-bond donors (Lipinski definition) is 1. The quantitative estimate of drug-likeness (QED) is 0.379. The van der Waals surface area contributed by atoms with Gasteiger partial charge in [0.2, 0.25) is 0 Å². The standard InChI is InChI=1S/C24H40N4O2/c1-25-24(26-13-6-16-30-20-22-11-17-29-18-12-22)27(2)19-21-7-9-23(10-8-21)28-14-4-3-5-15-28/h7-10,22H,3-6,11-20H2,1-2H3,(H,25,26). The zero-order valence-corrected chi connectivity index (χ0v) is 18.9. The van der Waals surface area contributed by atoms with Gasteiger partial charge in [-0.25, -0.2) is 0 Å². The summed E-state index contributed by atoms with van der Waals surface area (Å²) in [5, 5.41) is 3.46. The van der Waals surface area contributed by atoms with Gasteiger partial charge in [-0.05, 0) is 62.1 Å². The van der Waals surface area contributed by atoms with Crippen LogP contribution in [-0.4, -0.2) is 71.0 Å². The maximum atomic E-state index is 5.85. The van der Waals surface area contributed by atoms with Crippen LogP contribution in [0, 0.1) is 5.92 Å². The second-order valence-electron chi connectivity index (χ2n) is 8.53. The van der Waals surface area contributed by atoms with Crippen LogP contribution in [0.15, 0.2) is 29.3 Å². The molecule has 2 heterocycles. The van der Waals surface area contributed by atoms with E-state index in [-0.39, 0.29) is 0 Å². The fraction of sp³-hybridized carbons (Fsp3) is 0.708. The lowest BCUT2D eigenvalue weighted by atomic mass is 10.0. The summed E-state index contributed by atoms with van der Waals surface area (Å²) in [6, 6.07) is 9.02. The Labute approximate surface area is 182 Å². The lowest BCUT2D eigenvalue weighted by molar-refractivity contribution is 0.0203. The number of nitrogens with one attached hydrogen (secondary N) is 1. The van der Waals surface area contributed by atoms with Gasteiger partial charge in [0.1, 0.15) is 0 Å². The van der Waals surface area contributed by atoms with Gasteiger partial charge in [0.15, 0.2) is 5.96 Å². The summed E-state index contributed by atoms with van der Waals surface area (Å²) in [5.41, 5.74) is 2.66. The molecule has 2 saturated heterocycles. The minimum atomic E-state index is 0.673. The van der Waals surface area contributed by atoms with E-state index in [4.69, 9.17) is 9.47 Å². The monoisotopic (exact) mass is 416 g/mol. The van der Waals surface area contributed by atoms with E-state index in [2.05, 4.69) is 51.4 Å². The molecule has 2 aliphatic heterocycles. The van der Waals surface area contributed by atoms with Gasteiger partial charge in [-0.1, -0.05) is 12.1 Å². The predicted octanol–water partition coefficient (Wildman–Crippen LogP) is 3.52. The second kappa shape index (κ2) is 12.8. The second-order valence-corrected chi connectivity index (χ2v) is 8.53. The summed E-state index contributed by atoms with van der Waals surface area (Å²) < 4.78 is 11.2. The summed E-state index contributed by atoms with van der Waals surface area (Å²) >= 11 is 0. The van der Waals surface area contributed by atoms with Crippen LogP contribution in [0.5, 0.6) is 0 Å². The van der Waals surface area contributed by atoms with Crippen molar-refractivity contribution in [2.75, 3.05) is 65.1 Å². The molecular weight excluding hydrogens is 376 g/mol. The third-order valence-electron chi connectivity index (χ3n) is 6.09. The van der Waals surface area contributed by atoms with Gasteiger partial charge in [0, 0.05) is 72.4 Å². The zero-order valence-electron chi connectivity index (χ0n) is 18.9. The summed E-state index contributed by atoms with van der Waals surface area (Å²) in [6.07, 6.45) is 7.25. The zero-order chi connectivity index (χ0) is 21.0. The molecule has 0 unspecified atom stereocenters. The van der Waals surface area contributed by atoms with Crippen LogP contribution in [0.2, 0.25) is 0 Å². The molecule has 1 aromatic rings. The van der Waals surface area contributed by atoms with E-state index in [1.807, 2.05) is 7.05 Å². The number of rotatable bonds is 9.